The number of hydrogen-bond acceptors (Lipinski definition) is 7. The molecule has 0 saturated carbocycles. The van der Waals surface area contributed by atoms with Gasteiger partial charge in [0.15, 0.2) is 6.79 Å². The van der Waals surface area contributed by atoms with Gasteiger partial charge in [-0.25, -0.2) is 0 Å². The maximum atomic E-state index is 11.3. The van der Waals surface area contributed by atoms with E-state index in [1.807, 2.05) is 13.0 Å². The molecule has 1 fully saturated rings. The first-order valence-corrected chi connectivity index (χ1v) is 8.30. The molecule has 25 heavy (non-hydrogen) atoms. The van der Waals surface area contributed by atoms with E-state index in [-0.39, 0.29) is 23.4 Å². The SMILES string of the molecule is Cc1cc([C@@H]2CCCN2Cc2cc([N+](=O)[O-])cc3c2OCOC3)no1. The Balaban J connectivity index is 1.65. The monoisotopic (exact) mass is 345 g/mol. The predicted octanol–water partition coefficient (Wildman–Crippen LogP) is 3.09. The molecule has 2 aromatic rings. The van der Waals surface area contributed by atoms with E-state index in [1.54, 1.807) is 6.07 Å². The molecule has 3 heterocycles. The number of nitro benzene ring substituents is 1. The van der Waals surface area contributed by atoms with Gasteiger partial charge in [-0.15, -0.1) is 0 Å². The van der Waals surface area contributed by atoms with Crippen LogP contribution >= 0.6 is 0 Å². The van der Waals surface area contributed by atoms with Crippen molar-refractivity contribution in [2.75, 3.05) is 13.3 Å². The number of nitro groups is 1. The summed E-state index contributed by atoms with van der Waals surface area (Å²) in [4.78, 5) is 13.2. The summed E-state index contributed by atoms with van der Waals surface area (Å²) in [7, 11) is 0. The number of aryl methyl sites for hydroxylation is 1. The molecule has 4 rings (SSSR count). The first-order chi connectivity index (χ1) is 12.1. The molecule has 0 N–H and O–H groups in total. The number of nitrogens with zero attached hydrogens (tertiary/aromatic N) is 3. The molecule has 8 heteroatoms. The number of aromatic nitrogens is 1. The van der Waals surface area contributed by atoms with Crippen molar-refractivity contribution in [1.82, 2.24) is 10.1 Å². The Morgan fingerprint density at radius 1 is 1.40 bits per heavy atom. The number of fused-ring (bicyclic) bond motifs is 1. The maximum Gasteiger partial charge on any atom is 0.270 e. The summed E-state index contributed by atoms with van der Waals surface area (Å²) in [6.07, 6.45) is 2.05. The molecule has 1 aromatic heterocycles. The Kier molecular flexibility index (Phi) is 4.14. The van der Waals surface area contributed by atoms with Crippen LogP contribution in [0.5, 0.6) is 5.75 Å². The van der Waals surface area contributed by atoms with Crippen LogP contribution in [-0.2, 0) is 17.9 Å². The second-order valence-electron chi connectivity index (χ2n) is 6.45. The van der Waals surface area contributed by atoms with Crippen molar-refractivity contribution in [2.24, 2.45) is 0 Å². The zero-order chi connectivity index (χ0) is 17.4. The maximum absolute atomic E-state index is 11.3. The number of hydrogen-bond donors (Lipinski definition) is 0. The number of rotatable bonds is 4. The highest BCUT2D eigenvalue weighted by Gasteiger charge is 2.30. The van der Waals surface area contributed by atoms with Crippen LogP contribution in [0.4, 0.5) is 5.69 Å². The zero-order valence-corrected chi connectivity index (χ0v) is 13.9. The van der Waals surface area contributed by atoms with Gasteiger partial charge < -0.3 is 14.0 Å². The van der Waals surface area contributed by atoms with Gasteiger partial charge in [-0.3, -0.25) is 15.0 Å². The topological polar surface area (TPSA) is 90.9 Å². The van der Waals surface area contributed by atoms with E-state index in [9.17, 15) is 10.1 Å². The predicted molar refractivity (Wildman–Crippen MR) is 87.0 cm³/mol. The lowest BCUT2D eigenvalue weighted by Crippen LogP contribution is -2.24. The molecule has 1 aromatic carbocycles. The molecular formula is C17H19N3O5. The molecule has 2 aliphatic rings. The molecule has 8 nitrogen and oxygen atoms in total. The van der Waals surface area contributed by atoms with Crippen LogP contribution in [0.25, 0.3) is 0 Å². The van der Waals surface area contributed by atoms with Crippen molar-refractivity contribution in [1.29, 1.82) is 0 Å². The number of non-ortho nitro benzene ring substituents is 1. The summed E-state index contributed by atoms with van der Waals surface area (Å²) >= 11 is 0. The van der Waals surface area contributed by atoms with Crippen LogP contribution in [0.15, 0.2) is 22.7 Å². The van der Waals surface area contributed by atoms with Gasteiger partial charge in [0.25, 0.3) is 5.69 Å². The Morgan fingerprint density at radius 2 is 2.28 bits per heavy atom. The Labute approximate surface area is 144 Å². The van der Waals surface area contributed by atoms with Gasteiger partial charge in [-0.05, 0) is 26.3 Å². The van der Waals surface area contributed by atoms with Crippen molar-refractivity contribution in [2.45, 2.75) is 39.0 Å². The minimum Gasteiger partial charge on any atom is -0.467 e. The average Bonchev–Trinajstić information content (AvgIpc) is 3.23. The molecular weight excluding hydrogens is 326 g/mol. The fourth-order valence-corrected chi connectivity index (χ4v) is 3.62. The van der Waals surface area contributed by atoms with Crippen molar-refractivity contribution < 1.29 is 18.9 Å². The van der Waals surface area contributed by atoms with Crippen LogP contribution in [0, 0.1) is 17.0 Å². The summed E-state index contributed by atoms with van der Waals surface area (Å²) < 4.78 is 16.1. The van der Waals surface area contributed by atoms with E-state index < -0.39 is 0 Å². The Bertz CT molecular complexity index is 804. The van der Waals surface area contributed by atoms with E-state index in [0.29, 0.717) is 18.9 Å². The standard InChI is InChI=1S/C17H19N3O5/c1-11-5-15(18-25-11)16-3-2-4-19(16)8-12-6-14(20(21)22)7-13-9-23-10-24-17(12)13/h5-7,16H,2-4,8-10H2,1H3/t16-/m0/s1. The van der Waals surface area contributed by atoms with E-state index in [4.69, 9.17) is 14.0 Å². The van der Waals surface area contributed by atoms with E-state index in [2.05, 4.69) is 10.1 Å². The fourth-order valence-electron chi connectivity index (χ4n) is 3.62. The highest BCUT2D eigenvalue weighted by Crippen LogP contribution is 2.37. The summed E-state index contributed by atoms with van der Waals surface area (Å²) in [6.45, 7) is 3.85. The molecule has 1 saturated heterocycles. The third-order valence-electron chi connectivity index (χ3n) is 4.71. The number of benzene rings is 1. The van der Waals surface area contributed by atoms with Gasteiger partial charge in [0.05, 0.1) is 17.6 Å². The smallest absolute Gasteiger partial charge is 0.270 e. The largest absolute Gasteiger partial charge is 0.467 e. The molecule has 0 spiro atoms. The lowest BCUT2D eigenvalue weighted by Gasteiger charge is -2.26. The van der Waals surface area contributed by atoms with Crippen molar-refractivity contribution >= 4 is 5.69 Å². The Morgan fingerprint density at radius 3 is 3.04 bits per heavy atom. The zero-order valence-electron chi connectivity index (χ0n) is 13.9. The van der Waals surface area contributed by atoms with Gasteiger partial charge in [0.2, 0.25) is 0 Å². The van der Waals surface area contributed by atoms with Crippen LogP contribution < -0.4 is 4.74 Å². The molecule has 1 atom stereocenters. The summed E-state index contributed by atoms with van der Waals surface area (Å²) in [5, 5.41) is 15.4. The highest BCUT2D eigenvalue weighted by atomic mass is 16.7. The minimum absolute atomic E-state index is 0.0656. The van der Waals surface area contributed by atoms with Crippen molar-refractivity contribution in [3.05, 3.63) is 50.9 Å². The van der Waals surface area contributed by atoms with E-state index in [0.717, 1.165) is 42.0 Å². The lowest BCUT2D eigenvalue weighted by atomic mass is 10.1. The van der Waals surface area contributed by atoms with Crippen LogP contribution in [0.1, 0.15) is 41.5 Å². The highest BCUT2D eigenvalue weighted by molar-refractivity contribution is 5.50. The third kappa shape index (κ3) is 3.10. The van der Waals surface area contributed by atoms with Gasteiger partial charge in [0, 0.05) is 35.9 Å². The normalized spacial score (nSPS) is 20.3. The first kappa shape index (κ1) is 16.0. The quantitative estimate of drug-likeness (QED) is 0.621. The summed E-state index contributed by atoms with van der Waals surface area (Å²) in [5.74, 6) is 1.49. The fraction of sp³-hybridized carbons (Fsp3) is 0.471. The van der Waals surface area contributed by atoms with E-state index in [1.165, 1.54) is 6.07 Å². The van der Waals surface area contributed by atoms with Crippen molar-refractivity contribution in [3.8, 4) is 5.75 Å². The molecule has 0 unspecified atom stereocenters. The number of likely N-dealkylation sites (tertiary alicyclic amines) is 1. The molecule has 2 aliphatic heterocycles. The third-order valence-corrected chi connectivity index (χ3v) is 4.71. The van der Waals surface area contributed by atoms with Gasteiger partial charge in [-0.2, -0.15) is 0 Å². The average molecular weight is 345 g/mol. The Hall–Kier alpha value is -2.45. The molecule has 0 amide bonds. The van der Waals surface area contributed by atoms with Gasteiger partial charge in [0.1, 0.15) is 17.2 Å². The second-order valence-corrected chi connectivity index (χ2v) is 6.45. The molecule has 0 aliphatic carbocycles. The van der Waals surface area contributed by atoms with Crippen LogP contribution in [0.3, 0.4) is 0 Å². The van der Waals surface area contributed by atoms with Crippen LogP contribution in [0.2, 0.25) is 0 Å². The molecule has 0 radical (unpaired) electrons. The summed E-state index contributed by atoms with van der Waals surface area (Å²) in [6, 6.07) is 5.25. The minimum atomic E-state index is -0.374. The summed E-state index contributed by atoms with van der Waals surface area (Å²) in [5.41, 5.74) is 2.53. The van der Waals surface area contributed by atoms with Crippen LogP contribution in [-0.4, -0.2) is 28.3 Å². The van der Waals surface area contributed by atoms with E-state index >= 15 is 0 Å². The lowest BCUT2D eigenvalue weighted by molar-refractivity contribution is -0.385. The first-order valence-electron chi connectivity index (χ1n) is 8.30. The van der Waals surface area contributed by atoms with Crippen molar-refractivity contribution in [3.63, 3.8) is 0 Å². The molecule has 0 bridgehead atoms. The molecule has 132 valence electrons. The number of ether oxygens (including phenoxy) is 2. The van der Waals surface area contributed by atoms with Gasteiger partial charge in [-0.1, -0.05) is 5.16 Å². The second kappa shape index (κ2) is 6.45. The van der Waals surface area contributed by atoms with Gasteiger partial charge >= 0.3 is 0 Å².